The summed E-state index contributed by atoms with van der Waals surface area (Å²) in [6.07, 6.45) is 3.38. The summed E-state index contributed by atoms with van der Waals surface area (Å²) in [6.45, 7) is 0. The number of carboxylic acids is 2. The van der Waals surface area contributed by atoms with Gasteiger partial charge in [-0.2, -0.15) is 0 Å². The van der Waals surface area contributed by atoms with Gasteiger partial charge in [-0.3, -0.25) is 14.4 Å². The standard InChI is InChI=1S/C14H21NO6/c16-11(9-3-1-2-4-9)6-7-12(17)15-10(14(20)21)5-8-13(18)19/h9-10H,1-8H2,(H,15,17)(H,18,19)(H,20,21). The first kappa shape index (κ1) is 17.1. The minimum Gasteiger partial charge on any atom is -0.481 e. The summed E-state index contributed by atoms with van der Waals surface area (Å²) in [7, 11) is 0. The second kappa shape index (κ2) is 8.39. The van der Waals surface area contributed by atoms with E-state index in [4.69, 9.17) is 10.2 Å². The van der Waals surface area contributed by atoms with Crippen LogP contribution in [0.1, 0.15) is 51.4 Å². The van der Waals surface area contributed by atoms with Gasteiger partial charge in [0.15, 0.2) is 0 Å². The van der Waals surface area contributed by atoms with Crippen molar-refractivity contribution in [2.45, 2.75) is 57.4 Å². The Balaban J connectivity index is 2.33. The molecule has 0 radical (unpaired) electrons. The highest BCUT2D eigenvalue weighted by molar-refractivity contribution is 5.88. The smallest absolute Gasteiger partial charge is 0.326 e. The number of carbonyl (C=O) groups excluding carboxylic acids is 2. The Labute approximate surface area is 122 Å². The van der Waals surface area contributed by atoms with Gasteiger partial charge in [-0.25, -0.2) is 4.79 Å². The fourth-order valence-electron chi connectivity index (χ4n) is 2.48. The molecule has 3 N–H and O–H groups in total. The largest absolute Gasteiger partial charge is 0.481 e. The van der Waals surface area contributed by atoms with E-state index in [-0.39, 0.29) is 37.4 Å². The molecular formula is C14H21NO6. The van der Waals surface area contributed by atoms with Crippen molar-refractivity contribution in [2.75, 3.05) is 0 Å². The van der Waals surface area contributed by atoms with Crippen molar-refractivity contribution in [3.05, 3.63) is 0 Å². The van der Waals surface area contributed by atoms with Gasteiger partial charge >= 0.3 is 11.9 Å². The molecule has 0 saturated heterocycles. The van der Waals surface area contributed by atoms with Crippen LogP contribution < -0.4 is 5.32 Å². The van der Waals surface area contributed by atoms with E-state index in [1.54, 1.807) is 0 Å². The van der Waals surface area contributed by atoms with E-state index in [1.165, 1.54) is 0 Å². The predicted molar refractivity (Wildman–Crippen MR) is 72.6 cm³/mol. The molecule has 1 aliphatic carbocycles. The van der Waals surface area contributed by atoms with Gasteiger partial charge in [0.25, 0.3) is 0 Å². The fraction of sp³-hybridized carbons (Fsp3) is 0.714. The summed E-state index contributed by atoms with van der Waals surface area (Å²) in [5.74, 6) is -2.82. The van der Waals surface area contributed by atoms with Crippen molar-refractivity contribution in [3.63, 3.8) is 0 Å². The molecule has 0 aromatic rings. The number of hydrogen-bond acceptors (Lipinski definition) is 4. The first-order valence-electron chi connectivity index (χ1n) is 7.17. The van der Waals surface area contributed by atoms with E-state index in [1.807, 2.05) is 0 Å². The van der Waals surface area contributed by atoms with Gasteiger partial charge in [0.2, 0.25) is 5.91 Å². The predicted octanol–water partition coefficient (Wildman–Crippen LogP) is 0.960. The lowest BCUT2D eigenvalue weighted by Gasteiger charge is -2.14. The zero-order chi connectivity index (χ0) is 15.8. The summed E-state index contributed by atoms with van der Waals surface area (Å²) in [5, 5.41) is 19.7. The number of carbonyl (C=O) groups is 4. The van der Waals surface area contributed by atoms with Crippen LogP contribution in [-0.4, -0.2) is 39.9 Å². The number of carboxylic acid groups (broad SMARTS) is 2. The molecule has 0 bridgehead atoms. The Bertz CT molecular complexity index is 414. The number of ketones is 1. The molecule has 1 aliphatic rings. The highest BCUT2D eigenvalue weighted by Gasteiger charge is 2.24. The second-order valence-corrected chi connectivity index (χ2v) is 5.34. The van der Waals surface area contributed by atoms with Crippen molar-refractivity contribution < 1.29 is 29.4 Å². The monoisotopic (exact) mass is 299 g/mol. The Morgan fingerprint density at radius 2 is 1.62 bits per heavy atom. The first-order chi connectivity index (χ1) is 9.90. The van der Waals surface area contributed by atoms with E-state index in [9.17, 15) is 19.2 Å². The lowest BCUT2D eigenvalue weighted by molar-refractivity contribution is -0.143. The molecule has 21 heavy (non-hydrogen) atoms. The molecule has 7 nitrogen and oxygen atoms in total. The molecule has 0 heterocycles. The number of aliphatic carboxylic acids is 2. The molecule has 7 heteroatoms. The minimum absolute atomic E-state index is 0.0417. The summed E-state index contributed by atoms with van der Waals surface area (Å²) >= 11 is 0. The third-order valence-electron chi connectivity index (χ3n) is 3.69. The molecule has 1 atom stereocenters. The summed E-state index contributed by atoms with van der Waals surface area (Å²) in [6, 6.07) is -1.23. The molecule has 1 rings (SSSR count). The highest BCUT2D eigenvalue weighted by Crippen LogP contribution is 2.26. The van der Waals surface area contributed by atoms with Crippen molar-refractivity contribution >= 4 is 23.6 Å². The van der Waals surface area contributed by atoms with Crippen LogP contribution in [0.5, 0.6) is 0 Å². The van der Waals surface area contributed by atoms with Crippen LogP contribution in [0, 0.1) is 5.92 Å². The first-order valence-corrected chi connectivity index (χ1v) is 7.17. The van der Waals surface area contributed by atoms with Crippen molar-refractivity contribution in [2.24, 2.45) is 5.92 Å². The minimum atomic E-state index is -1.27. The number of amides is 1. The summed E-state index contributed by atoms with van der Waals surface area (Å²) < 4.78 is 0. The van der Waals surface area contributed by atoms with Crippen LogP contribution in [0.4, 0.5) is 0 Å². The average Bonchev–Trinajstić information content (AvgIpc) is 2.94. The van der Waals surface area contributed by atoms with Gasteiger partial charge < -0.3 is 15.5 Å². The van der Waals surface area contributed by atoms with Crippen molar-refractivity contribution in [1.82, 2.24) is 5.32 Å². The van der Waals surface area contributed by atoms with Gasteiger partial charge in [-0.05, 0) is 19.3 Å². The molecule has 0 aromatic heterocycles. The van der Waals surface area contributed by atoms with Gasteiger partial charge in [-0.1, -0.05) is 12.8 Å². The molecule has 1 unspecified atom stereocenters. The highest BCUT2D eigenvalue weighted by atomic mass is 16.4. The average molecular weight is 299 g/mol. The van der Waals surface area contributed by atoms with E-state index in [2.05, 4.69) is 5.32 Å². The second-order valence-electron chi connectivity index (χ2n) is 5.34. The van der Waals surface area contributed by atoms with Gasteiger partial charge in [0.1, 0.15) is 11.8 Å². The van der Waals surface area contributed by atoms with E-state index < -0.39 is 23.9 Å². The molecule has 118 valence electrons. The Morgan fingerprint density at radius 1 is 1.00 bits per heavy atom. The maximum absolute atomic E-state index is 11.8. The summed E-state index contributed by atoms with van der Waals surface area (Å²) in [5.41, 5.74) is 0. The molecule has 1 fully saturated rings. The number of hydrogen-bond donors (Lipinski definition) is 3. The lowest BCUT2D eigenvalue weighted by Crippen LogP contribution is -2.41. The van der Waals surface area contributed by atoms with Gasteiger partial charge in [0.05, 0.1) is 0 Å². The SMILES string of the molecule is O=C(O)CCC(NC(=O)CCC(=O)C1CCCC1)C(=O)O. The van der Waals surface area contributed by atoms with Crippen molar-refractivity contribution in [3.8, 4) is 0 Å². The number of rotatable bonds is 9. The Morgan fingerprint density at radius 3 is 2.14 bits per heavy atom. The van der Waals surface area contributed by atoms with Gasteiger partial charge in [0, 0.05) is 25.2 Å². The van der Waals surface area contributed by atoms with Crippen LogP contribution in [0.15, 0.2) is 0 Å². The molecule has 1 saturated carbocycles. The normalized spacial score (nSPS) is 16.4. The van der Waals surface area contributed by atoms with Crippen LogP contribution in [0.25, 0.3) is 0 Å². The third-order valence-corrected chi connectivity index (χ3v) is 3.69. The van der Waals surface area contributed by atoms with E-state index in [0.29, 0.717) is 0 Å². The van der Waals surface area contributed by atoms with E-state index in [0.717, 1.165) is 25.7 Å². The lowest BCUT2D eigenvalue weighted by atomic mass is 9.98. The third kappa shape index (κ3) is 6.37. The number of nitrogens with one attached hydrogen (secondary N) is 1. The van der Waals surface area contributed by atoms with Crippen LogP contribution in [0.2, 0.25) is 0 Å². The maximum atomic E-state index is 11.8. The molecule has 0 spiro atoms. The fourth-order valence-corrected chi connectivity index (χ4v) is 2.48. The zero-order valence-electron chi connectivity index (χ0n) is 11.8. The number of Topliss-reactive ketones (excluding diaryl/α,β-unsaturated/α-hetero) is 1. The quantitative estimate of drug-likeness (QED) is 0.583. The Hall–Kier alpha value is -1.92. The van der Waals surface area contributed by atoms with Crippen LogP contribution in [0.3, 0.4) is 0 Å². The topological polar surface area (TPSA) is 121 Å². The van der Waals surface area contributed by atoms with Gasteiger partial charge in [-0.15, -0.1) is 0 Å². The molecule has 1 amide bonds. The molecule has 0 aromatic carbocycles. The summed E-state index contributed by atoms with van der Waals surface area (Å²) in [4.78, 5) is 44.8. The van der Waals surface area contributed by atoms with Crippen molar-refractivity contribution in [1.29, 1.82) is 0 Å². The zero-order valence-corrected chi connectivity index (χ0v) is 11.8. The van der Waals surface area contributed by atoms with Crippen LogP contribution >= 0.6 is 0 Å². The molecule has 0 aliphatic heterocycles. The molecular weight excluding hydrogens is 278 g/mol. The van der Waals surface area contributed by atoms with Crippen LogP contribution in [-0.2, 0) is 19.2 Å². The maximum Gasteiger partial charge on any atom is 0.326 e. The van der Waals surface area contributed by atoms with E-state index >= 15 is 0 Å². The Kier molecular flexibility index (Phi) is 6.84.